The van der Waals surface area contributed by atoms with Crippen molar-refractivity contribution < 1.29 is 14.4 Å². The average molecular weight is 198 g/mol. The quantitative estimate of drug-likeness (QED) is 0.737. The molecule has 0 amide bonds. The molecule has 1 saturated heterocycles. The summed E-state index contributed by atoms with van der Waals surface area (Å²) in [5, 5.41) is 13.0. The topological polar surface area (TPSA) is 58.7 Å². The van der Waals surface area contributed by atoms with Crippen LogP contribution in [0.4, 0.5) is 0 Å². The maximum Gasteiger partial charge on any atom is 0.162 e. The van der Waals surface area contributed by atoms with Crippen LogP contribution in [0.1, 0.15) is 11.5 Å². The van der Waals surface area contributed by atoms with Gasteiger partial charge in [-0.3, -0.25) is 4.90 Å². The SMILES string of the molecule is COCc1cc(CN2CC(O)C2)no1. The van der Waals surface area contributed by atoms with Crippen molar-refractivity contribution in [3.8, 4) is 0 Å². The molecule has 5 nitrogen and oxygen atoms in total. The molecule has 2 heterocycles. The van der Waals surface area contributed by atoms with Crippen LogP contribution < -0.4 is 0 Å². The molecule has 1 aliphatic rings. The summed E-state index contributed by atoms with van der Waals surface area (Å²) in [5.74, 6) is 0.739. The van der Waals surface area contributed by atoms with Crippen LogP contribution in [-0.4, -0.2) is 41.5 Å². The monoisotopic (exact) mass is 198 g/mol. The first-order valence-corrected chi connectivity index (χ1v) is 4.62. The number of aromatic nitrogens is 1. The number of likely N-dealkylation sites (tertiary alicyclic amines) is 1. The number of aliphatic hydroxyl groups excluding tert-OH is 1. The molecule has 5 heteroatoms. The van der Waals surface area contributed by atoms with Crippen LogP contribution in [0.25, 0.3) is 0 Å². The Morgan fingerprint density at radius 1 is 1.71 bits per heavy atom. The fourth-order valence-corrected chi connectivity index (χ4v) is 1.54. The summed E-state index contributed by atoms with van der Waals surface area (Å²) in [6.45, 7) is 2.65. The molecule has 1 aliphatic heterocycles. The van der Waals surface area contributed by atoms with Crippen LogP contribution >= 0.6 is 0 Å². The molecule has 1 aromatic rings. The van der Waals surface area contributed by atoms with Gasteiger partial charge in [0, 0.05) is 32.8 Å². The van der Waals surface area contributed by atoms with Crippen molar-refractivity contribution >= 4 is 0 Å². The number of ether oxygens (including phenoxy) is 1. The van der Waals surface area contributed by atoms with E-state index in [2.05, 4.69) is 10.1 Å². The van der Waals surface area contributed by atoms with E-state index in [1.54, 1.807) is 7.11 Å². The van der Waals surface area contributed by atoms with E-state index >= 15 is 0 Å². The van der Waals surface area contributed by atoms with Crippen molar-refractivity contribution in [3.63, 3.8) is 0 Å². The van der Waals surface area contributed by atoms with Gasteiger partial charge in [0.1, 0.15) is 6.61 Å². The Balaban J connectivity index is 1.84. The Kier molecular flexibility index (Phi) is 2.81. The van der Waals surface area contributed by atoms with Crippen molar-refractivity contribution in [1.82, 2.24) is 10.1 Å². The van der Waals surface area contributed by atoms with Gasteiger partial charge in [0.05, 0.1) is 11.8 Å². The van der Waals surface area contributed by atoms with E-state index in [1.807, 2.05) is 6.07 Å². The molecule has 2 rings (SSSR count). The van der Waals surface area contributed by atoms with Crippen LogP contribution in [0.2, 0.25) is 0 Å². The zero-order valence-corrected chi connectivity index (χ0v) is 8.14. The van der Waals surface area contributed by atoms with Gasteiger partial charge in [-0.2, -0.15) is 0 Å². The number of rotatable bonds is 4. The third-order valence-electron chi connectivity index (χ3n) is 2.22. The minimum Gasteiger partial charge on any atom is -0.390 e. The lowest BCUT2D eigenvalue weighted by Gasteiger charge is -2.34. The molecule has 0 unspecified atom stereocenters. The van der Waals surface area contributed by atoms with E-state index in [0.717, 1.165) is 31.1 Å². The zero-order chi connectivity index (χ0) is 9.97. The van der Waals surface area contributed by atoms with Gasteiger partial charge in [0.15, 0.2) is 5.76 Å². The number of hydrogen-bond donors (Lipinski definition) is 1. The Morgan fingerprint density at radius 2 is 2.50 bits per heavy atom. The van der Waals surface area contributed by atoms with Crippen LogP contribution in [0, 0.1) is 0 Å². The second-order valence-electron chi connectivity index (χ2n) is 3.57. The van der Waals surface area contributed by atoms with Crippen molar-refractivity contribution in [2.45, 2.75) is 19.3 Å². The molecule has 0 aliphatic carbocycles. The highest BCUT2D eigenvalue weighted by Gasteiger charge is 2.24. The molecule has 0 saturated carbocycles. The molecular weight excluding hydrogens is 184 g/mol. The van der Waals surface area contributed by atoms with Gasteiger partial charge in [0.2, 0.25) is 0 Å². The van der Waals surface area contributed by atoms with Gasteiger partial charge >= 0.3 is 0 Å². The van der Waals surface area contributed by atoms with Gasteiger partial charge in [-0.25, -0.2) is 0 Å². The zero-order valence-electron chi connectivity index (χ0n) is 8.14. The third kappa shape index (κ3) is 2.12. The maximum absolute atomic E-state index is 9.08. The third-order valence-corrected chi connectivity index (χ3v) is 2.22. The molecule has 1 fully saturated rings. The smallest absolute Gasteiger partial charge is 0.162 e. The molecule has 14 heavy (non-hydrogen) atoms. The second-order valence-corrected chi connectivity index (χ2v) is 3.57. The number of hydrogen-bond acceptors (Lipinski definition) is 5. The maximum atomic E-state index is 9.08. The molecule has 0 aromatic carbocycles. The van der Waals surface area contributed by atoms with E-state index in [-0.39, 0.29) is 6.10 Å². The molecule has 1 N–H and O–H groups in total. The van der Waals surface area contributed by atoms with Gasteiger partial charge in [-0.1, -0.05) is 5.16 Å². The normalized spacial score (nSPS) is 18.4. The van der Waals surface area contributed by atoms with E-state index in [0.29, 0.717) is 6.61 Å². The highest BCUT2D eigenvalue weighted by atomic mass is 16.5. The minimum absolute atomic E-state index is 0.166. The molecule has 0 atom stereocenters. The molecule has 0 bridgehead atoms. The summed E-state index contributed by atoms with van der Waals surface area (Å²) in [4.78, 5) is 2.11. The van der Waals surface area contributed by atoms with Gasteiger partial charge in [0.25, 0.3) is 0 Å². The van der Waals surface area contributed by atoms with Gasteiger partial charge in [-0.15, -0.1) is 0 Å². The first kappa shape index (κ1) is 9.64. The summed E-state index contributed by atoms with van der Waals surface area (Å²) in [6, 6.07) is 1.88. The average Bonchev–Trinajstić information content (AvgIpc) is 2.51. The Bertz CT molecular complexity index is 294. The van der Waals surface area contributed by atoms with Crippen LogP contribution in [0.15, 0.2) is 10.6 Å². The summed E-state index contributed by atoms with van der Waals surface area (Å²) in [5.41, 5.74) is 0.893. The first-order chi connectivity index (χ1) is 6.78. The van der Waals surface area contributed by atoms with E-state index in [9.17, 15) is 0 Å². The van der Waals surface area contributed by atoms with Crippen LogP contribution in [0.3, 0.4) is 0 Å². The molecule has 0 spiro atoms. The first-order valence-electron chi connectivity index (χ1n) is 4.62. The van der Waals surface area contributed by atoms with Crippen LogP contribution in [0.5, 0.6) is 0 Å². The molecule has 1 aromatic heterocycles. The summed E-state index contributed by atoms with van der Waals surface area (Å²) in [6.07, 6.45) is -0.166. The number of nitrogens with zero attached hydrogens (tertiary/aromatic N) is 2. The minimum atomic E-state index is -0.166. The number of aliphatic hydroxyl groups is 1. The predicted octanol–water partition coefficient (Wildman–Crippen LogP) is -0.00250. The van der Waals surface area contributed by atoms with Gasteiger partial charge in [-0.05, 0) is 0 Å². The Labute approximate surface area is 82.2 Å². The number of methoxy groups -OCH3 is 1. The fourth-order valence-electron chi connectivity index (χ4n) is 1.54. The van der Waals surface area contributed by atoms with Crippen molar-refractivity contribution in [1.29, 1.82) is 0 Å². The second kappa shape index (κ2) is 4.08. The summed E-state index contributed by atoms with van der Waals surface area (Å²) < 4.78 is 9.95. The van der Waals surface area contributed by atoms with Gasteiger partial charge < -0.3 is 14.4 Å². The number of β-amino-alcohol motifs (C(OH)–C–C–N with tert-alkyl or cyclic N) is 1. The predicted molar refractivity (Wildman–Crippen MR) is 48.5 cm³/mol. The van der Waals surface area contributed by atoms with Crippen molar-refractivity contribution in [3.05, 3.63) is 17.5 Å². The standard InChI is InChI=1S/C9H14N2O3/c1-13-6-9-2-7(10-14-9)3-11-4-8(12)5-11/h2,8,12H,3-6H2,1H3. The lowest BCUT2D eigenvalue weighted by Crippen LogP contribution is -2.49. The summed E-state index contributed by atoms with van der Waals surface area (Å²) in [7, 11) is 1.62. The van der Waals surface area contributed by atoms with Crippen LogP contribution in [-0.2, 0) is 17.9 Å². The summed E-state index contributed by atoms with van der Waals surface area (Å²) >= 11 is 0. The highest BCUT2D eigenvalue weighted by Crippen LogP contribution is 2.13. The van der Waals surface area contributed by atoms with Crippen molar-refractivity contribution in [2.24, 2.45) is 0 Å². The largest absolute Gasteiger partial charge is 0.390 e. The lowest BCUT2D eigenvalue weighted by molar-refractivity contribution is -0.00401. The molecule has 0 radical (unpaired) electrons. The lowest BCUT2D eigenvalue weighted by atomic mass is 10.1. The van der Waals surface area contributed by atoms with Crippen molar-refractivity contribution in [2.75, 3.05) is 20.2 Å². The fraction of sp³-hybridized carbons (Fsp3) is 0.667. The van der Waals surface area contributed by atoms with E-state index in [4.69, 9.17) is 14.4 Å². The Morgan fingerprint density at radius 3 is 3.14 bits per heavy atom. The van der Waals surface area contributed by atoms with E-state index in [1.165, 1.54) is 0 Å². The highest BCUT2D eigenvalue weighted by molar-refractivity contribution is 5.05. The van der Waals surface area contributed by atoms with E-state index < -0.39 is 0 Å². The molecule has 78 valence electrons. The Hall–Kier alpha value is -0.910. The molecular formula is C9H14N2O3.